The Morgan fingerprint density at radius 3 is 2.45 bits per heavy atom. The Balaban J connectivity index is 1.74. The Morgan fingerprint density at radius 2 is 1.85 bits per heavy atom. The zero-order valence-corrected chi connectivity index (χ0v) is 13.0. The van der Waals surface area contributed by atoms with Crippen molar-refractivity contribution in [1.29, 1.82) is 0 Å². The minimum Gasteiger partial charge on any atom is -0.492 e. The lowest BCUT2D eigenvalue weighted by atomic mass is 9.91. The second-order valence-corrected chi connectivity index (χ2v) is 5.94. The lowest BCUT2D eigenvalue weighted by Crippen LogP contribution is -2.42. The summed E-state index contributed by atoms with van der Waals surface area (Å²) < 4.78 is 5.78. The molecule has 0 saturated heterocycles. The van der Waals surface area contributed by atoms with Gasteiger partial charge in [-0.1, -0.05) is 18.5 Å². The molecule has 4 heteroatoms. The molecular formula is C16H25ClN2O. The van der Waals surface area contributed by atoms with Crippen molar-refractivity contribution in [2.24, 2.45) is 5.73 Å². The van der Waals surface area contributed by atoms with Crippen LogP contribution in [0.2, 0.25) is 5.02 Å². The van der Waals surface area contributed by atoms with E-state index in [4.69, 9.17) is 22.1 Å². The van der Waals surface area contributed by atoms with E-state index in [2.05, 4.69) is 11.8 Å². The molecule has 1 saturated carbocycles. The number of nitrogens with two attached hydrogens (primary N) is 1. The van der Waals surface area contributed by atoms with Crippen LogP contribution in [0.15, 0.2) is 24.3 Å². The minimum absolute atomic E-state index is 0.412. The van der Waals surface area contributed by atoms with Crippen molar-refractivity contribution in [2.45, 2.75) is 44.7 Å². The first-order valence-corrected chi connectivity index (χ1v) is 7.95. The van der Waals surface area contributed by atoms with Gasteiger partial charge in [0.2, 0.25) is 0 Å². The SMILES string of the molecule is CCN(CCOc1ccc(Cl)cc1)C1CCC(N)CC1. The van der Waals surface area contributed by atoms with Crippen LogP contribution in [0.1, 0.15) is 32.6 Å². The fraction of sp³-hybridized carbons (Fsp3) is 0.625. The first kappa shape index (κ1) is 15.6. The molecule has 1 aromatic rings. The summed E-state index contributed by atoms with van der Waals surface area (Å²) in [4.78, 5) is 2.52. The number of halogens is 1. The van der Waals surface area contributed by atoms with E-state index >= 15 is 0 Å². The van der Waals surface area contributed by atoms with Crippen LogP contribution in [0, 0.1) is 0 Å². The molecule has 0 heterocycles. The van der Waals surface area contributed by atoms with Crippen LogP contribution < -0.4 is 10.5 Å². The predicted molar refractivity (Wildman–Crippen MR) is 84.4 cm³/mol. The minimum atomic E-state index is 0.412. The standard InChI is InChI=1S/C16H25ClN2O/c1-2-19(15-7-5-14(18)6-8-15)11-12-20-16-9-3-13(17)4-10-16/h3-4,9-10,14-15H,2,5-8,11-12,18H2,1H3. The first-order valence-electron chi connectivity index (χ1n) is 7.57. The highest BCUT2D eigenvalue weighted by atomic mass is 35.5. The number of hydrogen-bond acceptors (Lipinski definition) is 3. The third-order valence-corrected chi connectivity index (χ3v) is 4.38. The van der Waals surface area contributed by atoms with Crippen LogP contribution in [0.3, 0.4) is 0 Å². The van der Waals surface area contributed by atoms with E-state index in [0.29, 0.717) is 12.1 Å². The first-order chi connectivity index (χ1) is 9.69. The monoisotopic (exact) mass is 296 g/mol. The van der Waals surface area contributed by atoms with Gasteiger partial charge >= 0.3 is 0 Å². The molecule has 0 unspecified atom stereocenters. The van der Waals surface area contributed by atoms with E-state index < -0.39 is 0 Å². The number of nitrogens with zero attached hydrogens (tertiary/aromatic N) is 1. The van der Waals surface area contributed by atoms with Crippen molar-refractivity contribution in [3.63, 3.8) is 0 Å². The molecule has 0 amide bonds. The van der Waals surface area contributed by atoms with Crippen LogP contribution >= 0.6 is 11.6 Å². The van der Waals surface area contributed by atoms with Gasteiger partial charge in [-0.25, -0.2) is 0 Å². The van der Waals surface area contributed by atoms with E-state index in [-0.39, 0.29) is 0 Å². The van der Waals surface area contributed by atoms with Gasteiger partial charge in [0.25, 0.3) is 0 Å². The lowest BCUT2D eigenvalue weighted by Gasteiger charge is -2.35. The van der Waals surface area contributed by atoms with E-state index in [1.807, 2.05) is 24.3 Å². The number of hydrogen-bond donors (Lipinski definition) is 1. The van der Waals surface area contributed by atoms with Crippen molar-refractivity contribution in [3.05, 3.63) is 29.3 Å². The largest absolute Gasteiger partial charge is 0.492 e. The third kappa shape index (κ3) is 4.65. The molecule has 1 fully saturated rings. The topological polar surface area (TPSA) is 38.5 Å². The Morgan fingerprint density at radius 1 is 1.20 bits per heavy atom. The molecule has 0 aliphatic heterocycles. The molecule has 1 aliphatic carbocycles. The van der Waals surface area contributed by atoms with Crippen LogP contribution in [-0.2, 0) is 0 Å². The summed E-state index contributed by atoms with van der Waals surface area (Å²) in [6.07, 6.45) is 4.74. The maximum absolute atomic E-state index is 5.97. The van der Waals surface area contributed by atoms with Crippen LogP contribution in [0.4, 0.5) is 0 Å². The zero-order chi connectivity index (χ0) is 14.4. The summed E-state index contributed by atoms with van der Waals surface area (Å²) in [7, 11) is 0. The Kier molecular flexibility index (Phi) is 6.14. The van der Waals surface area contributed by atoms with E-state index in [1.165, 1.54) is 12.8 Å². The van der Waals surface area contributed by atoms with Gasteiger partial charge in [-0.2, -0.15) is 0 Å². The van der Waals surface area contributed by atoms with Gasteiger partial charge in [-0.05, 0) is 56.5 Å². The fourth-order valence-electron chi connectivity index (χ4n) is 2.88. The van der Waals surface area contributed by atoms with Gasteiger partial charge in [-0.3, -0.25) is 4.90 Å². The van der Waals surface area contributed by atoms with Crippen molar-refractivity contribution in [3.8, 4) is 5.75 Å². The second kappa shape index (κ2) is 7.87. The zero-order valence-electron chi connectivity index (χ0n) is 12.2. The number of rotatable bonds is 6. The third-order valence-electron chi connectivity index (χ3n) is 4.12. The van der Waals surface area contributed by atoms with Crippen molar-refractivity contribution >= 4 is 11.6 Å². The van der Waals surface area contributed by atoms with Gasteiger partial charge in [0.05, 0.1) is 0 Å². The molecule has 20 heavy (non-hydrogen) atoms. The van der Waals surface area contributed by atoms with E-state index in [0.717, 1.165) is 43.3 Å². The Labute approximate surface area is 127 Å². The highest BCUT2D eigenvalue weighted by Crippen LogP contribution is 2.22. The van der Waals surface area contributed by atoms with E-state index in [1.54, 1.807) is 0 Å². The summed E-state index contributed by atoms with van der Waals surface area (Å²) in [5, 5.41) is 0.742. The van der Waals surface area contributed by atoms with Gasteiger partial charge in [0, 0.05) is 23.7 Å². The van der Waals surface area contributed by atoms with E-state index in [9.17, 15) is 0 Å². The molecule has 1 aromatic carbocycles. The smallest absolute Gasteiger partial charge is 0.119 e. The molecule has 3 nitrogen and oxygen atoms in total. The molecule has 0 atom stereocenters. The fourth-order valence-corrected chi connectivity index (χ4v) is 3.00. The number of likely N-dealkylation sites (N-methyl/N-ethyl adjacent to an activating group) is 1. The summed E-state index contributed by atoms with van der Waals surface area (Å²) >= 11 is 5.86. The highest BCUT2D eigenvalue weighted by molar-refractivity contribution is 6.30. The lowest BCUT2D eigenvalue weighted by molar-refractivity contribution is 0.132. The molecule has 0 spiro atoms. The number of ether oxygens (including phenoxy) is 1. The summed E-state index contributed by atoms with van der Waals surface area (Å²) in [5.74, 6) is 0.885. The summed E-state index contributed by atoms with van der Waals surface area (Å²) in [6.45, 7) is 4.98. The van der Waals surface area contributed by atoms with Gasteiger partial charge < -0.3 is 10.5 Å². The highest BCUT2D eigenvalue weighted by Gasteiger charge is 2.22. The molecule has 0 bridgehead atoms. The van der Waals surface area contributed by atoms with Gasteiger partial charge in [-0.15, -0.1) is 0 Å². The average Bonchev–Trinajstić information content (AvgIpc) is 2.47. The molecule has 2 rings (SSSR count). The van der Waals surface area contributed by atoms with Crippen molar-refractivity contribution < 1.29 is 4.74 Å². The summed E-state index contributed by atoms with van der Waals surface area (Å²) in [6, 6.07) is 8.63. The molecule has 0 aromatic heterocycles. The number of benzene rings is 1. The molecule has 0 radical (unpaired) electrons. The van der Waals surface area contributed by atoms with Gasteiger partial charge in [0.15, 0.2) is 0 Å². The predicted octanol–water partition coefficient (Wildman–Crippen LogP) is 3.31. The second-order valence-electron chi connectivity index (χ2n) is 5.50. The Hall–Kier alpha value is -0.770. The van der Waals surface area contributed by atoms with Crippen LogP contribution in [0.25, 0.3) is 0 Å². The molecule has 1 aliphatic rings. The summed E-state index contributed by atoms with van der Waals surface area (Å²) in [5.41, 5.74) is 5.97. The molecule has 112 valence electrons. The quantitative estimate of drug-likeness (QED) is 0.875. The van der Waals surface area contributed by atoms with Crippen LogP contribution in [-0.4, -0.2) is 36.7 Å². The molecular weight excluding hydrogens is 272 g/mol. The average molecular weight is 297 g/mol. The normalized spacial score (nSPS) is 23.0. The van der Waals surface area contributed by atoms with Crippen LogP contribution in [0.5, 0.6) is 5.75 Å². The maximum Gasteiger partial charge on any atom is 0.119 e. The molecule has 2 N–H and O–H groups in total. The van der Waals surface area contributed by atoms with Gasteiger partial charge in [0.1, 0.15) is 12.4 Å². The van der Waals surface area contributed by atoms with Crippen molar-refractivity contribution in [1.82, 2.24) is 4.90 Å². The maximum atomic E-state index is 5.97. The Bertz CT molecular complexity index is 388. The van der Waals surface area contributed by atoms with Crippen molar-refractivity contribution in [2.75, 3.05) is 19.7 Å².